The van der Waals surface area contributed by atoms with Crippen LogP contribution in [0.25, 0.3) is 0 Å². The molecule has 62 valence electrons. The topological polar surface area (TPSA) is 33.0 Å². The van der Waals surface area contributed by atoms with Crippen LogP contribution in [-0.2, 0) is 0 Å². The van der Waals surface area contributed by atoms with Crippen molar-refractivity contribution in [1.29, 1.82) is 5.26 Å². The molecule has 1 rings (SSSR count). The van der Waals surface area contributed by atoms with Crippen molar-refractivity contribution in [2.45, 2.75) is 6.42 Å². The SMILES string of the molecule is N#CCCOc1ccc(Cl)cc1. The van der Waals surface area contributed by atoms with E-state index in [9.17, 15) is 0 Å². The Morgan fingerprint density at radius 3 is 2.58 bits per heavy atom. The molecule has 0 radical (unpaired) electrons. The van der Waals surface area contributed by atoms with E-state index in [1.54, 1.807) is 24.3 Å². The van der Waals surface area contributed by atoms with Gasteiger partial charge in [0.25, 0.3) is 0 Å². The zero-order valence-electron chi connectivity index (χ0n) is 6.46. The van der Waals surface area contributed by atoms with Crippen molar-refractivity contribution in [3.63, 3.8) is 0 Å². The maximum atomic E-state index is 8.24. The van der Waals surface area contributed by atoms with Crippen LogP contribution in [0, 0.1) is 11.3 Å². The van der Waals surface area contributed by atoms with Crippen LogP contribution in [0.4, 0.5) is 0 Å². The Bertz CT molecular complexity index is 276. The van der Waals surface area contributed by atoms with Crippen molar-refractivity contribution in [3.05, 3.63) is 29.3 Å². The van der Waals surface area contributed by atoms with Gasteiger partial charge in [-0.3, -0.25) is 0 Å². The fourth-order valence-electron chi connectivity index (χ4n) is 0.745. The van der Waals surface area contributed by atoms with Crippen LogP contribution in [0.5, 0.6) is 5.75 Å². The van der Waals surface area contributed by atoms with Gasteiger partial charge in [-0.15, -0.1) is 0 Å². The first-order valence-corrected chi connectivity index (χ1v) is 3.96. The van der Waals surface area contributed by atoms with Crippen molar-refractivity contribution >= 4 is 11.6 Å². The van der Waals surface area contributed by atoms with Crippen molar-refractivity contribution in [1.82, 2.24) is 0 Å². The number of rotatable bonds is 3. The third kappa shape index (κ3) is 2.81. The first-order valence-electron chi connectivity index (χ1n) is 3.58. The highest BCUT2D eigenvalue weighted by Gasteiger charge is 1.91. The number of hydrogen-bond donors (Lipinski definition) is 0. The molecule has 0 amide bonds. The Balaban J connectivity index is 2.43. The Morgan fingerprint density at radius 2 is 2.00 bits per heavy atom. The maximum absolute atomic E-state index is 8.24. The molecule has 2 nitrogen and oxygen atoms in total. The Morgan fingerprint density at radius 1 is 1.33 bits per heavy atom. The molecule has 0 aliphatic carbocycles. The van der Waals surface area contributed by atoms with E-state index in [2.05, 4.69) is 0 Å². The van der Waals surface area contributed by atoms with Crippen LogP contribution in [0.3, 0.4) is 0 Å². The van der Waals surface area contributed by atoms with Gasteiger partial charge in [-0.1, -0.05) is 11.6 Å². The zero-order chi connectivity index (χ0) is 8.81. The lowest BCUT2D eigenvalue weighted by molar-refractivity contribution is 0.326. The Kier molecular flexibility index (Phi) is 3.43. The van der Waals surface area contributed by atoms with E-state index in [4.69, 9.17) is 21.6 Å². The highest BCUT2D eigenvalue weighted by Crippen LogP contribution is 2.15. The van der Waals surface area contributed by atoms with Gasteiger partial charge in [0.15, 0.2) is 0 Å². The van der Waals surface area contributed by atoms with E-state index in [1.165, 1.54) is 0 Å². The third-order valence-corrected chi connectivity index (χ3v) is 1.55. The fraction of sp³-hybridized carbons (Fsp3) is 0.222. The van der Waals surface area contributed by atoms with Gasteiger partial charge < -0.3 is 4.74 Å². The predicted octanol–water partition coefficient (Wildman–Crippen LogP) is 2.63. The average Bonchev–Trinajstić information content (AvgIpc) is 2.09. The summed E-state index contributed by atoms with van der Waals surface area (Å²) < 4.78 is 5.22. The molecule has 1 aromatic carbocycles. The molecule has 0 aliphatic heterocycles. The van der Waals surface area contributed by atoms with E-state index in [0.717, 1.165) is 5.75 Å². The molecule has 0 saturated heterocycles. The fourth-order valence-corrected chi connectivity index (χ4v) is 0.871. The zero-order valence-corrected chi connectivity index (χ0v) is 7.21. The van der Waals surface area contributed by atoms with Gasteiger partial charge in [-0.25, -0.2) is 0 Å². The molecule has 3 heteroatoms. The average molecular weight is 182 g/mol. The molecular formula is C9H8ClNO. The summed E-state index contributed by atoms with van der Waals surface area (Å²) in [6.45, 7) is 0.429. The molecule has 0 spiro atoms. The van der Waals surface area contributed by atoms with Gasteiger partial charge in [0.1, 0.15) is 12.4 Å². The second kappa shape index (κ2) is 4.63. The molecule has 0 N–H and O–H groups in total. The molecule has 1 aromatic rings. The summed E-state index contributed by atoms with van der Waals surface area (Å²) in [6, 6.07) is 9.06. The quantitative estimate of drug-likeness (QED) is 0.672. The smallest absolute Gasteiger partial charge is 0.119 e. The molecule has 0 saturated carbocycles. The van der Waals surface area contributed by atoms with E-state index in [1.807, 2.05) is 6.07 Å². The first-order chi connectivity index (χ1) is 5.83. The first kappa shape index (κ1) is 8.89. The molecule has 0 bridgehead atoms. The highest BCUT2D eigenvalue weighted by molar-refractivity contribution is 6.30. The molecule has 12 heavy (non-hydrogen) atoms. The number of halogens is 1. The van der Waals surface area contributed by atoms with Crippen LogP contribution >= 0.6 is 11.6 Å². The molecule has 0 atom stereocenters. The largest absolute Gasteiger partial charge is 0.493 e. The van der Waals surface area contributed by atoms with E-state index in [0.29, 0.717) is 18.1 Å². The second-order valence-electron chi connectivity index (χ2n) is 2.21. The van der Waals surface area contributed by atoms with Gasteiger partial charge >= 0.3 is 0 Å². The Labute approximate surface area is 76.3 Å². The van der Waals surface area contributed by atoms with Crippen molar-refractivity contribution in [2.24, 2.45) is 0 Å². The summed E-state index contributed by atoms with van der Waals surface area (Å²) in [7, 11) is 0. The van der Waals surface area contributed by atoms with Gasteiger partial charge in [-0.05, 0) is 24.3 Å². The molecule has 0 heterocycles. The Hall–Kier alpha value is -1.20. The number of nitrogens with zero attached hydrogens (tertiary/aromatic N) is 1. The summed E-state index contributed by atoms with van der Waals surface area (Å²) in [5.74, 6) is 0.745. The van der Waals surface area contributed by atoms with Crippen LogP contribution in [0.1, 0.15) is 6.42 Å². The van der Waals surface area contributed by atoms with Crippen LogP contribution < -0.4 is 4.74 Å². The van der Waals surface area contributed by atoms with Gasteiger partial charge in [0.2, 0.25) is 0 Å². The number of ether oxygens (including phenoxy) is 1. The van der Waals surface area contributed by atoms with Crippen molar-refractivity contribution in [3.8, 4) is 11.8 Å². The molecule has 0 fully saturated rings. The number of nitriles is 1. The molecule has 0 unspecified atom stereocenters. The summed E-state index contributed by atoms with van der Waals surface area (Å²) in [5, 5.41) is 8.92. The lowest BCUT2D eigenvalue weighted by Crippen LogP contribution is -1.94. The van der Waals surface area contributed by atoms with Gasteiger partial charge in [0, 0.05) is 5.02 Å². The second-order valence-corrected chi connectivity index (χ2v) is 2.65. The minimum absolute atomic E-state index is 0.405. The normalized spacial score (nSPS) is 9.00. The van der Waals surface area contributed by atoms with E-state index < -0.39 is 0 Å². The minimum Gasteiger partial charge on any atom is -0.493 e. The molecule has 0 aliphatic rings. The monoisotopic (exact) mass is 181 g/mol. The van der Waals surface area contributed by atoms with Crippen LogP contribution in [0.15, 0.2) is 24.3 Å². The van der Waals surface area contributed by atoms with E-state index in [-0.39, 0.29) is 0 Å². The highest BCUT2D eigenvalue weighted by atomic mass is 35.5. The lowest BCUT2D eigenvalue weighted by atomic mass is 10.3. The van der Waals surface area contributed by atoms with Gasteiger partial charge in [0.05, 0.1) is 12.5 Å². The van der Waals surface area contributed by atoms with Crippen molar-refractivity contribution < 1.29 is 4.74 Å². The maximum Gasteiger partial charge on any atom is 0.119 e. The minimum atomic E-state index is 0.405. The summed E-state index contributed by atoms with van der Waals surface area (Å²) >= 11 is 5.67. The number of benzene rings is 1. The molecular weight excluding hydrogens is 174 g/mol. The van der Waals surface area contributed by atoms with Gasteiger partial charge in [-0.2, -0.15) is 5.26 Å². The number of hydrogen-bond acceptors (Lipinski definition) is 2. The third-order valence-electron chi connectivity index (χ3n) is 1.30. The van der Waals surface area contributed by atoms with Crippen LogP contribution in [-0.4, -0.2) is 6.61 Å². The van der Waals surface area contributed by atoms with Crippen LogP contribution in [0.2, 0.25) is 5.02 Å². The summed E-state index contributed by atoms with van der Waals surface area (Å²) in [6.07, 6.45) is 0.405. The standard InChI is InChI=1S/C9H8ClNO/c10-8-2-4-9(5-3-8)12-7-1-6-11/h2-5H,1,7H2. The summed E-state index contributed by atoms with van der Waals surface area (Å²) in [4.78, 5) is 0. The van der Waals surface area contributed by atoms with Crippen molar-refractivity contribution in [2.75, 3.05) is 6.61 Å². The van der Waals surface area contributed by atoms with E-state index >= 15 is 0 Å². The summed E-state index contributed by atoms with van der Waals surface area (Å²) in [5.41, 5.74) is 0. The predicted molar refractivity (Wildman–Crippen MR) is 47.2 cm³/mol. The molecule has 0 aromatic heterocycles. The lowest BCUT2D eigenvalue weighted by Gasteiger charge is -2.02.